The summed E-state index contributed by atoms with van der Waals surface area (Å²) in [6.07, 6.45) is 6.89. The number of fused-ring (bicyclic) bond motifs is 6. The van der Waals surface area contributed by atoms with Gasteiger partial charge in [-0.1, -0.05) is 90.9 Å². The van der Waals surface area contributed by atoms with Crippen molar-refractivity contribution >= 4 is 31.5 Å². The van der Waals surface area contributed by atoms with Crippen molar-refractivity contribution in [3.63, 3.8) is 0 Å². The van der Waals surface area contributed by atoms with Gasteiger partial charge in [0, 0.05) is 26.5 Å². The molecule has 3 heterocycles. The molecule has 2 unspecified atom stereocenters. The molecule has 0 amide bonds. The summed E-state index contributed by atoms with van der Waals surface area (Å²) in [4.78, 5) is 0. The molecule has 0 aliphatic carbocycles. The maximum atomic E-state index is 2.61. The van der Waals surface area contributed by atoms with Gasteiger partial charge < -0.3 is 0 Å². The van der Waals surface area contributed by atoms with Crippen LogP contribution in [0, 0.1) is 0 Å². The minimum Gasteiger partial charge on any atom is -0.224 e. The molecule has 2 aromatic heterocycles. The molecular formula is C35H41N2S+. The maximum Gasteiger partial charge on any atom is 0.294 e. The molecule has 0 spiro atoms. The summed E-state index contributed by atoms with van der Waals surface area (Å²) >= 11 is 1.96. The third kappa shape index (κ3) is 3.21. The molecule has 6 rings (SSSR count). The molecule has 0 N–H and O–H groups in total. The van der Waals surface area contributed by atoms with E-state index in [9.17, 15) is 0 Å². The lowest BCUT2D eigenvalue weighted by Gasteiger charge is -2.47. The lowest BCUT2D eigenvalue weighted by Crippen LogP contribution is -2.67. The van der Waals surface area contributed by atoms with E-state index in [2.05, 4.69) is 132 Å². The Labute approximate surface area is 232 Å². The minimum absolute atomic E-state index is 0.0220. The van der Waals surface area contributed by atoms with Crippen molar-refractivity contribution in [3.8, 4) is 17.1 Å². The predicted molar refractivity (Wildman–Crippen MR) is 164 cm³/mol. The number of hydrogen-bond acceptors (Lipinski definition) is 1. The first-order valence-corrected chi connectivity index (χ1v) is 15.2. The van der Waals surface area contributed by atoms with Crippen molar-refractivity contribution in [1.82, 2.24) is 4.57 Å². The van der Waals surface area contributed by atoms with Crippen LogP contribution in [-0.2, 0) is 11.0 Å². The predicted octanol–water partition coefficient (Wildman–Crippen LogP) is 9.85. The Morgan fingerprint density at radius 1 is 0.868 bits per heavy atom. The topological polar surface area (TPSA) is 8.81 Å². The third-order valence-corrected chi connectivity index (χ3v) is 11.0. The zero-order chi connectivity index (χ0) is 27.0. The molecule has 1 aliphatic rings. The smallest absolute Gasteiger partial charge is 0.224 e. The number of imidazole rings is 1. The highest BCUT2D eigenvalue weighted by atomic mass is 32.1. The molecule has 2 nitrogen and oxygen atoms in total. The number of rotatable bonds is 5. The van der Waals surface area contributed by atoms with Crippen molar-refractivity contribution in [2.75, 3.05) is 0 Å². The summed E-state index contributed by atoms with van der Waals surface area (Å²) in [7, 11) is 0. The van der Waals surface area contributed by atoms with Crippen LogP contribution < -0.4 is 4.57 Å². The molecule has 1 aliphatic heterocycles. The number of benzene rings is 3. The number of hydrogen-bond donors (Lipinski definition) is 0. The van der Waals surface area contributed by atoms with Crippen LogP contribution in [0.3, 0.4) is 0 Å². The van der Waals surface area contributed by atoms with Crippen molar-refractivity contribution in [2.45, 2.75) is 91.0 Å². The average Bonchev–Trinajstić information content (AvgIpc) is 3.53. The van der Waals surface area contributed by atoms with E-state index >= 15 is 0 Å². The molecule has 3 heteroatoms. The summed E-state index contributed by atoms with van der Waals surface area (Å²) in [6.45, 7) is 19.0. The zero-order valence-corrected chi connectivity index (χ0v) is 25.0. The summed E-state index contributed by atoms with van der Waals surface area (Å²) < 4.78 is 7.94. The lowest BCUT2D eigenvalue weighted by molar-refractivity contribution is -0.764. The van der Waals surface area contributed by atoms with Crippen LogP contribution in [-0.4, -0.2) is 4.57 Å². The van der Waals surface area contributed by atoms with E-state index in [1.54, 1.807) is 0 Å². The van der Waals surface area contributed by atoms with E-state index < -0.39 is 0 Å². The molecule has 38 heavy (non-hydrogen) atoms. The van der Waals surface area contributed by atoms with E-state index in [1.807, 2.05) is 11.3 Å². The van der Waals surface area contributed by atoms with Gasteiger partial charge in [0.25, 0.3) is 5.82 Å². The van der Waals surface area contributed by atoms with E-state index in [-0.39, 0.29) is 11.0 Å². The Hall–Kier alpha value is -2.91. The molecule has 0 saturated carbocycles. The molecule has 2 atom stereocenters. The van der Waals surface area contributed by atoms with Gasteiger partial charge in [-0.25, -0.2) is 4.57 Å². The van der Waals surface area contributed by atoms with Crippen molar-refractivity contribution in [1.29, 1.82) is 0 Å². The first kappa shape index (κ1) is 25.4. The van der Waals surface area contributed by atoms with Crippen LogP contribution in [0.2, 0.25) is 0 Å². The van der Waals surface area contributed by atoms with Crippen LogP contribution in [0.25, 0.3) is 37.2 Å². The van der Waals surface area contributed by atoms with E-state index in [4.69, 9.17) is 0 Å². The molecule has 0 radical (unpaired) electrons. The minimum atomic E-state index is -0.0220. The van der Waals surface area contributed by atoms with Gasteiger partial charge in [0.05, 0.1) is 10.3 Å². The average molecular weight is 522 g/mol. The first-order valence-electron chi connectivity index (χ1n) is 14.4. The summed E-state index contributed by atoms with van der Waals surface area (Å²) in [5, 5.41) is 2.83. The quantitative estimate of drug-likeness (QED) is 0.203. The van der Waals surface area contributed by atoms with Crippen molar-refractivity contribution in [3.05, 3.63) is 83.7 Å². The summed E-state index contributed by atoms with van der Waals surface area (Å²) in [6, 6.07) is 20.7. The second-order valence-corrected chi connectivity index (χ2v) is 13.3. The summed E-state index contributed by atoms with van der Waals surface area (Å²) in [5.41, 5.74) is 7.14. The van der Waals surface area contributed by atoms with Gasteiger partial charge in [0.1, 0.15) is 17.9 Å². The van der Waals surface area contributed by atoms with Gasteiger partial charge in [-0.05, 0) is 54.9 Å². The fourth-order valence-corrected chi connectivity index (χ4v) is 8.45. The van der Waals surface area contributed by atoms with Crippen molar-refractivity contribution in [2.24, 2.45) is 0 Å². The van der Waals surface area contributed by atoms with Crippen LogP contribution in [0.5, 0.6) is 0 Å². The molecule has 196 valence electrons. The Morgan fingerprint density at radius 2 is 1.55 bits per heavy atom. The molecular weight excluding hydrogens is 480 g/mol. The highest BCUT2D eigenvalue weighted by molar-refractivity contribution is 7.26. The largest absolute Gasteiger partial charge is 0.294 e. The Morgan fingerprint density at radius 3 is 2.24 bits per heavy atom. The second kappa shape index (κ2) is 8.81. The van der Waals surface area contributed by atoms with Gasteiger partial charge in [-0.15, -0.1) is 11.3 Å². The Bertz CT molecular complexity index is 1680. The molecule has 0 fully saturated rings. The first-order chi connectivity index (χ1) is 18.2. The van der Waals surface area contributed by atoms with Crippen LogP contribution in [0.1, 0.15) is 96.8 Å². The number of nitrogens with zero attached hydrogens (tertiary/aromatic N) is 2. The standard InChI is InChI=1S/C35H41N2S/c1-9-34(7)28-17-13-11-15-24(28)33-36(19-20-37(33)35(34,8)10-2)31-27(23(5)6)21-26(22(3)4)30-25-16-12-14-18-29(25)38-32(30)31/h11-23H,9-10H2,1-8H3/q+1. The normalized spacial score (nSPS) is 21.0. The fraction of sp³-hybridized carbons (Fsp3) is 0.400. The second-order valence-electron chi connectivity index (χ2n) is 12.2. The van der Waals surface area contributed by atoms with Crippen molar-refractivity contribution < 1.29 is 4.57 Å². The SMILES string of the molecule is CCC1(C)c2ccccc2-c2n(-c3c(C(C)C)cc(C(C)C)c4c3sc3ccccc34)cc[n+]2C1(C)CC. The van der Waals surface area contributed by atoms with Crippen LogP contribution in [0.4, 0.5) is 0 Å². The third-order valence-electron chi connectivity index (χ3n) is 9.87. The molecule has 0 bridgehead atoms. The molecule has 5 aromatic rings. The fourth-order valence-electron chi connectivity index (χ4n) is 7.16. The highest BCUT2D eigenvalue weighted by Gasteiger charge is 2.55. The molecule has 0 saturated heterocycles. The van der Waals surface area contributed by atoms with E-state index in [0.717, 1.165) is 12.8 Å². The van der Waals surface area contributed by atoms with Gasteiger partial charge in [-0.2, -0.15) is 4.57 Å². The van der Waals surface area contributed by atoms with Crippen LogP contribution >= 0.6 is 11.3 Å². The molecule has 3 aromatic carbocycles. The lowest BCUT2D eigenvalue weighted by atomic mass is 9.61. The zero-order valence-electron chi connectivity index (χ0n) is 24.2. The van der Waals surface area contributed by atoms with Gasteiger partial charge in [-0.3, -0.25) is 0 Å². The highest BCUT2D eigenvalue weighted by Crippen LogP contribution is 2.51. The van der Waals surface area contributed by atoms with E-state index in [0.29, 0.717) is 11.8 Å². The van der Waals surface area contributed by atoms with E-state index in [1.165, 1.54) is 53.9 Å². The van der Waals surface area contributed by atoms with Gasteiger partial charge in [0.15, 0.2) is 5.69 Å². The van der Waals surface area contributed by atoms with Gasteiger partial charge >= 0.3 is 0 Å². The number of aromatic nitrogens is 2. The maximum absolute atomic E-state index is 2.61. The Balaban J connectivity index is 1.79. The summed E-state index contributed by atoms with van der Waals surface area (Å²) in [5.74, 6) is 2.19. The van der Waals surface area contributed by atoms with Gasteiger partial charge in [0.2, 0.25) is 0 Å². The number of thiophene rings is 1. The monoisotopic (exact) mass is 521 g/mol. The Kier molecular flexibility index (Phi) is 5.88. The van der Waals surface area contributed by atoms with Crippen LogP contribution in [0.15, 0.2) is 67.0 Å².